The SMILES string of the molecule is c1cc2c(N[C@H]3CCCNC3)nc3cc[nH][n+]3c2[nH]1. The van der Waals surface area contributed by atoms with Crippen LogP contribution in [0.4, 0.5) is 5.82 Å². The van der Waals surface area contributed by atoms with E-state index in [2.05, 4.69) is 26.8 Å². The lowest BCUT2D eigenvalue weighted by molar-refractivity contribution is -0.552. The molecule has 4 N–H and O–H groups in total. The van der Waals surface area contributed by atoms with Gasteiger partial charge < -0.3 is 10.6 Å². The van der Waals surface area contributed by atoms with Crippen molar-refractivity contribution in [3.63, 3.8) is 0 Å². The minimum absolute atomic E-state index is 0.459. The highest BCUT2D eigenvalue weighted by Crippen LogP contribution is 2.20. The Morgan fingerprint density at radius 3 is 3.21 bits per heavy atom. The summed E-state index contributed by atoms with van der Waals surface area (Å²) in [5, 5.41) is 11.3. The summed E-state index contributed by atoms with van der Waals surface area (Å²) in [6.07, 6.45) is 6.26. The molecule has 1 fully saturated rings. The molecule has 4 heterocycles. The van der Waals surface area contributed by atoms with Gasteiger partial charge in [0, 0.05) is 24.8 Å². The zero-order valence-corrected chi connectivity index (χ0v) is 10.6. The number of aromatic nitrogens is 4. The van der Waals surface area contributed by atoms with Gasteiger partial charge in [0.25, 0.3) is 11.3 Å². The Bertz CT molecular complexity index is 706. The molecule has 0 spiro atoms. The van der Waals surface area contributed by atoms with Crippen molar-refractivity contribution in [1.29, 1.82) is 0 Å². The van der Waals surface area contributed by atoms with E-state index in [-0.39, 0.29) is 0 Å². The number of nitrogens with one attached hydrogen (secondary N) is 4. The molecular weight excluding hydrogens is 240 g/mol. The van der Waals surface area contributed by atoms with E-state index in [1.807, 2.05) is 23.0 Å². The third kappa shape index (κ3) is 1.76. The number of rotatable bonds is 2. The highest BCUT2D eigenvalue weighted by Gasteiger charge is 2.20. The van der Waals surface area contributed by atoms with Gasteiger partial charge in [0.15, 0.2) is 0 Å². The molecule has 0 radical (unpaired) electrons. The minimum atomic E-state index is 0.459. The third-order valence-corrected chi connectivity index (χ3v) is 3.73. The van der Waals surface area contributed by atoms with Crippen LogP contribution in [0.2, 0.25) is 0 Å². The van der Waals surface area contributed by atoms with Crippen LogP contribution in [0.25, 0.3) is 16.7 Å². The number of hydrogen-bond acceptors (Lipinski definition) is 3. The number of fused-ring (bicyclic) bond motifs is 3. The molecule has 0 bridgehead atoms. The zero-order chi connectivity index (χ0) is 12.7. The van der Waals surface area contributed by atoms with Gasteiger partial charge in [-0.15, -0.1) is 4.52 Å². The highest BCUT2D eigenvalue weighted by molar-refractivity contribution is 5.86. The smallest absolute Gasteiger partial charge is 0.288 e. The molecule has 0 aliphatic carbocycles. The summed E-state index contributed by atoms with van der Waals surface area (Å²) in [5.74, 6) is 0.963. The second-order valence-corrected chi connectivity index (χ2v) is 5.04. The largest absolute Gasteiger partial charge is 0.352 e. The number of hydrogen-bond donors (Lipinski definition) is 4. The maximum atomic E-state index is 4.70. The van der Waals surface area contributed by atoms with Crippen LogP contribution in [-0.4, -0.2) is 34.2 Å². The van der Waals surface area contributed by atoms with E-state index < -0.39 is 0 Å². The van der Waals surface area contributed by atoms with Gasteiger partial charge >= 0.3 is 0 Å². The molecule has 6 heteroatoms. The van der Waals surface area contributed by atoms with Gasteiger partial charge in [-0.2, -0.15) is 0 Å². The van der Waals surface area contributed by atoms with Gasteiger partial charge in [-0.3, -0.25) is 10.1 Å². The van der Waals surface area contributed by atoms with E-state index in [0.29, 0.717) is 6.04 Å². The Balaban J connectivity index is 1.79. The number of nitrogens with zero attached hydrogens (tertiary/aromatic N) is 2. The van der Waals surface area contributed by atoms with Crippen molar-refractivity contribution in [2.45, 2.75) is 18.9 Å². The molecule has 3 aromatic heterocycles. The van der Waals surface area contributed by atoms with E-state index >= 15 is 0 Å². The molecule has 1 atom stereocenters. The molecule has 1 aliphatic heterocycles. The summed E-state index contributed by atoms with van der Waals surface area (Å²) in [6.45, 7) is 2.13. The van der Waals surface area contributed by atoms with Crippen LogP contribution in [-0.2, 0) is 0 Å². The first kappa shape index (κ1) is 10.8. The number of H-pyrrole nitrogens is 2. The van der Waals surface area contributed by atoms with Crippen molar-refractivity contribution in [1.82, 2.24) is 20.4 Å². The van der Waals surface area contributed by atoms with Gasteiger partial charge in [-0.25, -0.2) is 0 Å². The predicted octanol–water partition coefficient (Wildman–Crippen LogP) is 0.794. The van der Waals surface area contributed by atoms with Gasteiger partial charge in [-0.05, 0) is 25.5 Å². The summed E-state index contributed by atoms with van der Waals surface area (Å²) in [7, 11) is 0. The molecule has 3 aromatic rings. The van der Waals surface area contributed by atoms with Crippen molar-refractivity contribution in [3.05, 3.63) is 24.5 Å². The van der Waals surface area contributed by atoms with Crippen molar-refractivity contribution in [2.75, 3.05) is 18.4 Å². The van der Waals surface area contributed by atoms with Crippen LogP contribution in [0.3, 0.4) is 0 Å². The molecular formula is C13H17N6+. The Hall–Kier alpha value is -2.08. The third-order valence-electron chi connectivity index (χ3n) is 3.73. The van der Waals surface area contributed by atoms with Gasteiger partial charge in [0.1, 0.15) is 5.39 Å². The Morgan fingerprint density at radius 1 is 1.32 bits per heavy atom. The zero-order valence-electron chi connectivity index (χ0n) is 10.6. The topological polar surface area (TPSA) is 72.6 Å². The van der Waals surface area contributed by atoms with E-state index in [4.69, 9.17) is 4.98 Å². The van der Waals surface area contributed by atoms with E-state index in [9.17, 15) is 0 Å². The van der Waals surface area contributed by atoms with Crippen LogP contribution < -0.4 is 15.1 Å². The van der Waals surface area contributed by atoms with Crippen molar-refractivity contribution in [2.24, 2.45) is 0 Å². The molecule has 19 heavy (non-hydrogen) atoms. The lowest BCUT2D eigenvalue weighted by atomic mass is 10.1. The van der Waals surface area contributed by atoms with Crippen LogP contribution in [0.15, 0.2) is 24.5 Å². The molecule has 0 amide bonds. The predicted molar refractivity (Wildman–Crippen MR) is 73.1 cm³/mol. The summed E-state index contributed by atoms with van der Waals surface area (Å²) in [4.78, 5) is 7.96. The van der Waals surface area contributed by atoms with E-state index in [0.717, 1.165) is 35.6 Å². The lowest BCUT2D eigenvalue weighted by Crippen LogP contribution is -2.39. The fourth-order valence-corrected chi connectivity index (χ4v) is 2.78. The number of piperidine rings is 1. The standard InChI is InChI=1S/C13H16N6/c1-2-9(8-14-5-1)17-12-10-3-6-15-13(10)19-11(18-12)4-7-16-19/h3-4,6-7,9,14H,1-2,5,8H2,(H2,15,16,17,18)/p+1/t9-/m0/s1. The summed E-state index contributed by atoms with van der Waals surface area (Å²) >= 11 is 0. The molecule has 0 aromatic carbocycles. The van der Waals surface area contributed by atoms with Crippen LogP contribution in [0, 0.1) is 0 Å². The second kappa shape index (κ2) is 4.24. The fourth-order valence-electron chi connectivity index (χ4n) is 2.78. The Kier molecular flexibility index (Phi) is 2.41. The monoisotopic (exact) mass is 257 g/mol. The molecule has 1 aliphatic rings. The minimum Gasteiger partial charge on any atom is -0.352 e. The number of aromatic amines is 2. The summed E-state index contributed by atoms with van der Waals surface area (Å²) < 4.78 is 1.96. The van der Waals surface area contributed by atoms with E-state index in [1.54, 1.807) is 0 Å². The van der Waals surface area contributed by atoms with Crippen molar-refractivity contribution < 1.29 is 4.52 Å². The molecule has 4 rings (SSSR count). The first-order chi connectivity index (χ1) is 9.42. The first-order valence-electron chi connectivity index (χ1n) is 6.75. The van der Waals surface area contributed by atoms with Crippen molar-refractivity contribution >= 4 is 22.5 Å². The highest BCUT2D eigenvalue weighted by atomic mass is 15.3. The average molecular weight is 257 g/mol. The molecule has 98 valence electrons. The molecule has 0 unspecified atom stereocenters. The van der Waals surface area contributed by atoms with Crippen LogP contribution in [0.5, 0.6) is 0 Å². The van der Waals surface area contributed by atoms with E-state index in [1.165, 1.54) is 12.8 Å². The molecule has 1 saturated heterocycles. The molecule has 6 nitrogen and oxygen atoms in total. The van der Waals surface area contributed by atoms with Crippen molar-refractivity contribution in [3.8, 4) is 0 Å². The maximum absolute atomic E-state index is 4.70. The average Bonchev–Trinajstić information content (AvgIpc) is 3.07. The lowest BCUT2D eigenvalue weighted by Gasteiger charge is -2.23. The van der Waals surface area contributed by atoms with Crippen LogP contribution >= 0.6 is 0 Å². The summed E-state index contributed by atoms with van der Waals surface area (Å²) in [5.41, 5.74) is 1.96. The summed E-state index contributed by atoms with van der Waals surface area (Å²) in [6, 6.07) is 4.50. The number of anilines is 1. The quantitative estimate of drug-likeness (QED) is 0.513. The fraction of sp³-hybridized carbons (Fsp3) is 0.385. The Labute approximate surface area is 110 Å². The van der Waals surface area contributed by atoms with Gasteiger partial charge in [-0.1, -0.05) is 4.98 Å². The molecule has 0 saturated carbocycles. The second-order valence-electron chi connectivity index (χ2n) is 5.04. The van der Waals surface area contributed by atoms with Gasteiger partial charge in [0.05, 0.1) is 6.20 Å². The maximum Gasteiger partial charge on any atom is 0.288 e. The van der Waals surface area contributed by atoms with Gasteiger partial charge in [0.2, 0.25) is 5.82 Å². The normalized spacial score (nSPS) is 20.1. The Morgan fingerprint density at radius 2 is 2.32 bits per heavy atom. The first-order valence-corrected chi connectivity index (χ1v) is 6.75. The van der Waals surface area contributed by atoms with Crippen LogP contribution in [0.1, 0.15) is 12.8 Å².